The molecule has 13 heavy (non-hydrogen) atoms. The molecule has 70 valence electrons. The van der Waals surface area contributed by atoms with E-state index in [0.717, 1.165) is 14.7 Å². The van der Waals surface area contributed by atoms with Gasteiger partial charge in [0.05, 0.1) is 4.83 Å². The Kier molecular flexibility index (Phi) is 3.91. The molecule has 0 spiro atoms. The van der Waals surface area contributed by atoms with Gasteiger partial charge in [0.25, 0.3) is 0 Å². The van der Waals surface area contributed by atoms with Crippen LogP contribution in [0.25, 0.3) is 0 Å². The molecule has 0 fully saturated rings. The van der Waals surface area contributed by atoms with Crippen LogP contribution in [0.15, 0.2) is 18.2 Å². The summed E-state index contributed by atoms with van der Waals surface area (Å²) in [6.07, 6.45) is 0. The van der Waals surface area contributed by atoms with E-state index in [1.54, 1.807) is 0 Å². The topological polar surface area (TPSA) is 17.1 Å². The quantitative estimate of drug-likeness (QED) is 0.452. The van der Waals surface area contributed by atoms with Gasteiger partial charge in [-0.15, -0.1) is 0 Å². The third kappa shape index (κ3) is 2.53. The van der Waals surface area contributed by atoms with Crippen molar-refractivity contribution in [2.45, 2.75) is 18.7 Å². The van der Waals surface area contributed by atoms with Crippen molar-refractivity contribution < 1.29 is 4.79 Å². The first kappa shape index (κ1) is 11.2. The Hall–Kier alpha value is 0.1000. The second-order valence-electron chi connectivity index (χ2n) is 2.89. The van der Waals surface area contributed by atoms with Crippen molar-refractivity contribution in [1.29, 1.82) is 0 Å². The lowest BCUT2D eigenvalue weighted by Crippen LogP contribution is -2.11. The highest BCUT2D eigenvalue weighted by atomic mass is 127. The monoisotopic (exact) mass is 352 g/mol. The molecule has 0 radical (unpaired) electrons. The van der Waals surface area contributed by atoms with Gasteiger partial charge in [0.1, 0.15) is 0 Å². The van der Waals surface area contributed by atoms with Crippen LogP contribution in [0.3, 0.4) is 0 Å². The lowest BCUT2D eigenvalue weighted by Gasteiger charge is -2.07. The molecule has 1 aromatic rings. The van der Waals surface area contributed by atoms with Crippen molar-refractivity contribution in [3.63, 3.8) is 0 Å². The van der Waals surface area contributed by atoms with E-state index in [4.69, 9.17) is 0 Å². The van der Waals surface area contributed by atoms with E-state index in [1.165, 1.54) is 0 Å². The van der Waals surface area contributed by atoms with Gasteiger partial charge in [-0.3, -0.25) is 4.79 Å². The Labute approximate surface area is 100 Å². The molecule has 1 nitrogen and oxygen atoms in total. The SMILES string of the molecule is Cc1c(I)cccc1C(=O)C(C)Br. The average molecular weight is 353 g/mol. The maximum absolute atomic E-state index is 11.7. The Morgan fingerprint density at radius 3 is 2.69 bits per heavy atom. The number of ketones is 1. The van der Waals surface area contributed by atoms with Crippen molar-refractivity contribution in [3.05, 3.63) is 32.9 Å². The smallest absolute Gasteiger partial charge is 0.176 e. The van der Waals surface area contributed by atoms with E-state index in [1.807, 2.05) is 32.0 Å². The third-order valence-corrected chi connectivity index (χ3v) is 3.48. The molecule has 0 bridgehead atoms. The maximum atomic E-state index is 11.7. The Morgan fingerprint density at radius 2 is 2.15 bits per heavy atom. The molecule has 0 amide bonds. The van der Waals surface area contributed by atoms with Gasteiger partial charge in [-0.05, 0) is 48.1 Å². The summed E-state index contributed by atoms with van der Waals surface area (Å²) in [4.78, 5) is 11.6. The van der Waals surface area contributed by atoms with E-state index >= 15 is 0 Å². The lowest BCUT2D eigenvalue weighted by atomic mass is 10.0. The summed E-state index contributed by atoms with van der Waals surface area (Å²) in [5, 5.41) is 0. The number of Topliss-reactive ketones (excluding diaryl/α,β-unsaturated/α-hetero) is 1. The van der Waals surface area contributed by atoms with Crippen LogP contribution in [0, 0.1) is 10.5 Å². The highest BCUT2D eigenvalue weighted by molar-refractivity contribution is 14.1. The standard InChI is InChI=1S/C10H10BrIO/c1-6-8(10(13)7(2)11)4-3-5-9(6)12/h3-5,7H,1-2H3. The highest BCUT2D eigenvalue weighted by Crippen LogP contribution is 2.19. The summed E-state index contributed by atoms with van der Waals surface area (Å²) in [5.74, 6) is 0.149. The summed E-state index contributed by atoms with van der Waals surface area (Å²) < 4.78 is 1.14. The van der Waals surface area contributed by atoms with Gasteiger partial charge in [-0.2, -0.15) is 0 Å². The Morgan fingerprint density at radius 1 is 1.54 bits per heavy atom. The zero-order valence-corrected chi connectivity index (χ0v) is 11.2. The van der Waals surface area contributed by atoms with Gasteiger partial charge in [0, 0.05) is 9.13 Å². The average Bonchev–Trinajstić information content (AvgIpc) is 2.08. The fraction of sp³-hybridized carbons (Fsp3) is 0.300. The largest absolute Gasteiger partial charge is 0.293 e. The minimum Gasteiger partial charge on any atom is -0.293 e. The molecular weight excluding hydrogens is 343 g/mol. The number of carbonyl (C=O) groups is 1. The number of benzene rings is 1. The van der Waals surface area contributed by atoms with Gasteiger partial charge >= 0.3 is 0 Å². The van der Waals surface area contributed by atoms with Crippen molar-refractivity contribution >= 4 is 44.3 Å². The summed E-state index contributed by atoms with van der Waals surface area (Å²) in [6.45, 7) is 3.83. The number of hydrogen-bond donors (Lipinski definition) is 0. The van der Waals surface area contributed by atoms with Crippen molar-refractivity contribution in [3.8, 4) is 0 Å². The van der Waals surface area contributed by atoms with Crippen molar-refractivity contribution in [1.82, 2.24) is 0 Å². The molecule has 1 aromatic carbocycles. The van der Waals surface area contributed by atoms with Gasteiger partial charge in [-0.25, -0.2) is 0 Å². The molecule has 0 N–H and O–H groups in total. The number of hydrogen-bond acceptors (Lipinski definition) is 1. The summed E-state index contributed by atoms with van der Waals surface area (Å²) in [7, 11) is 0. The van der Waals surface area contributed by atoms with Crippen molar-refractivity contribution in [2.75, 3.05) is 0 Å². The number of carbonyl (C=O) groups excluding carboxylic acids is 1. The van der Waals surface area contributed by atoms with Crippen LogP contribution in [0.4, 0.5) is 0 Å². The van der Waals surface area contributed by atoms with Crippen LogP contribution < -0.4 is 0 Å². The molecule has 3 heteroatoms. The van der Waals surface area contributed by atoms with Crippen LogP contribution in [-0.2, 0) is 0 Å². The van der Waals surface area contributed by atoms with Gasteiger partial charge in [-0.1, -0.05) is 28.1 Å². The molecule has 0 aliphatic heterocycles. The van der Waals surface area contributed by atoms with Gasteiger partial charge in [0.2, 0.25) is 0 Å². The predicted octanol–water partition coefficient (Wildman–Crippen LogP) is 3.57. The van der Waals surface area contributed by atoms with E-state index < -0.39 is 0 Å². The molecule has 0 saturated heterocycles. The van der Waals surface area contributed by atoms with Crippen LogP contribution in [-0.4, -0.2) is 10.6 Å². The molecule has 0 aromatic heterocycles. The van der Waals surface area contributed by atoms with E-state index in [2.05, 4.69) is 38.5 Å². The molecule has 0 aliphatic carbocycles. The summed E-state index contributed by atoms with van der Waals surface area (Å²) >= 11 is 5.52. The second-order valence-corrected chi connectivity index (χ2v) is 5.43. The minimum absolute atomic E-state index is 0.107. The lowest BCUT2D eigenvalue weighted by molar-refractivity contribution is 0.0995. The first-order valence-corrected chi connectivity index (χ1v) is 5.97. The molecule has 0 heterocycles. The highest BCUT2D eigenvalue weighted by Gasteiger charge is 2.14. The van der Waals surface area contributed by atoms with E-state index in [9.17, 15) is 4.79 Å². The Bertz CT molecular complexity index is 334. The summed E-state index contributed by atoms with van der Waals surface area (Å²) in [6, 6.07) is 5.79. The number of alkyl halides is 1. The molecule has 1 unspecified atom stereocenters. The van der Waals surface area contributed by atoms with E-state index in [0.29, 0.717) is 0 Å². The van der Waals surface area contributed by atoms with Crippen LogP contribution in [0.2, 0.25) is 0 Å². The molecule has 1 atom stereocenters. The number of halogens is 2. The maximum Gasteiger partial charge on any atom is 0.176 e. The van der Waals surface area contributed by atoms with Gasteiger partial charge < -0.3 is 0 Å². The molecule has 1 rings (SSSR count). The normalized spacial score (nSPS) is 12.6. The third-order valence-electron chi connectivity index (χ3n) is 1.89. The zero-order chi connectivity index (χ0) is 10.0. The zero-order valence-electron chi connectivity index (χ0n) is 7.47. The minimum atomic E-state index is -0.107. The first-order chi connectivity index (χ1) is 6.04. The second kappa shape index (κ2) is 4.55. The predicted molar refractivity (Wildman–Crippen MR) is 66.6 cm³/mol. The number of rotatable bonds is 2. The molecule has 0 saturated carbocycles. The summed E-state index contributed by atoms with van der Waals surface area (Å²) in [5.41, 5.74) is 1.88. The fourth-order valence-electron chi connectivity index (χ4n) is 1.09. The molecular formula is C10H10BrIO. The fourth-order valence-corrected chi connectivity index (χ4v) is 1.83. The van der Waals surface area contributed by atoms with Crippen LogP contribution >= 0.6 is 38.5 Å². The van der Waals surface area contributed by atoms with E-state index in [-0.39, 0.29) is 10.6 Å². The molecule has 0 aliphatic rings. The Balaban J connectivity index is 3.15. The van der Waals surface area contributed by atoms with Gasteiger partial charge in [0.15, 0.2) is 5.78 Å². The van der Waals surface area contributed by atoms with Crippen LogP contribution in [0.1, 0.15) is 22.8 Å². The first-order valence-electron chi connectivity index (χ1n) is 3.97. The van der Waals surface area contributed by atoms with Crippen molar-refractivity contribution in [2.24, 2.45) is 0 Å². The van der Waals surface area contributed by atoms with Crippen LogP contribution in [0.5, 0.6) is 0 Å².